The Hall–Kier alpha value is -1.06. The molecule has 3 heteroatoms. The largest absolute Gasteiger partial charge is 0.497 e. The summed E-state index contributed by atoms with van der Waals surface area (Å²) in [4.78, 5) is 1.55. The van der Waals surface area contributed by atoms with Crippen LogP contribution in [0.1, 0.15) is 42.0 Å². The molecule has 4 rings (SSSR count). The lowest BCUT2D eigenvalue weighted by molar-refractivity contribution is 0.415. The van der Waals surface area contributed by atoms with Gasteiger partial charge in [0.1, 0.15) is 5.75 Å². The van der Waals surface area contributed by atoms with Gasteiger partial charge in [-0.2, -0.15) is 0 Å². The minimum atomic E-state index is 0.784. The van der Waals surface area contributed by atoms with E-state index in [-0.39, 0.29) is 0 Å². The van der Waals surface area contributed by atoms with Crippen LogP contribution in [0, 0.1) is 0 Å². The van der Waals surface area contributed by atoms with Crippen molar-refractivity contribution in [3.8, 4) is 5.75 Å². The number of hydrogen-bond donors (Lipinski definition) is 1. The van der Waals surface area contributed by atoms with Crippen LogP contribution in [0.3, 0.4) is 0 Å². The highest BCUT2D eigenvalue weighted by atomic mass is 32.1. The molecule has 0 saturated heterocycles. The van der Waals surface area contributed by atoms with E-state index < -0.39 is 0 Å². The first-order chi connectivity index (χ1) is 9.35. The van der Waals surface area contributed by atoms with Crippen molar-refractivity contribution >= 4 is 21.4 Å². The summed E-state index contributed by atoms with van der Waals surface area (Å²) in [6.07, 6.45) is 5.46. The SMILES string of the molecule is COc1ccc2c(C3CC3)c(CNC3CC3)sc2c1. The van der Waals surface area contributed by atoms with E-state index in [1.54, 1.807) is 17.6 Å². The molecule has 2 fully saturated rings. The maximum atomic E-state index is 5.35. The number of thiophene rings is 1. The van der Waals surface area contributed by atoms with Gasteiger partial charge in [-0.05, 0) is 60.7 Å². The molecule has 0 aliphatic heterocycles. The van der Waals surface area contributed by atoms with Crippen molar-refractivity contribution in [3.05, 3.63) is 28.6 Å². The van der Waals surface area contributed by atoms with Crippen LogP contribution in [0.25, 0.3) is 10.1 Å². The van der Waals surface area contributed by atoms with Crippen molar-refractivity contribution < 1.29 is 4.74 Å². The monoisotopic (exact) mass is 273 g/mol. The summed E-state index contributed by atoms with van der Waals surface area (Å²) in [5, 5.41) is 5.12. The van der Waals surface area contributed by atoms with Crippen molar-refractivity contribution in [1.29, 1.82) is 0 Å². The average molecular weight is 273 g/mol. The lowest BCUT2D eigenvalue weighted by Gasteiger charge is -2.04. The van der Waals surface area contributed by atoms with Gasteiger partial charge < -0.3 is 10.1 Å². The highest BCUT2D eigenvalue weighted by Crippen LogP contribution is 2.48. The second kappa shape index (κ2) is 4.50. The van der Waals surface area contributed by atoms with Gasteiger partial charge in [0.05, 0.1) is 7.11 Å². The number of methoxy groups -OCH3 is 1. The second-order valence-electron chi connectivity index (χ2n) is 5.73. The summed E-state index contributed by atoms with van der Waals surface area (Å²) in [6.45, 7) is 1.05. The molecule has 0 atom stereocenters. The van der Waals surface area contributed by atoms with E-state index in [4.69, 9.17) is 4.74 Å². The molecule has 0 bridgehead atoms. The Kier molecular flexibility index (Phi) is 2.78. The van der Waals surface area contributed by atoms with E-state index in [9.17, 15) is 0 Å². The first kappa shape index (κ1) is 11.7. The zero-order chi connectivity index (χ0) is 12.8. The van der Waals surface area contributed by atoms with Crippen LogP contribution in [-0.2, 0) is 6.54 Å². The lowest BCUT2D eigenvalue weighted by atomic mass is 10.1. The fourth-order valence-electron chi connectivity index (χ4n) is 2.75. The fraction of sp³-hybridized carbons (Fsp3) is 0.500. The third kappa shape index (κ3) is 2.26. The summed E-state index contributed by atoms with van der Waals surface area (Å²) >= 11 is 1.95. The number of benzene rings is 1. The van der Waals surface area contributed by atoms with Gasteiger partial charge in [-0.1, -0.05) is 0 Å². The molecule has 0 unspecified atom stereocenters. The van der Waals surface area contributed by atoms with Gasteiger partial charge in [0, 0.05) is 22.2 Å². The Balaban J connectivity index is 1.74. The number of fused-ring (bicyclic) bond motifs is 1. The molecule has 2 aromatic rings. The number of rotatable bonds is 5. The predicted molar refractivity (Wildman–Crippen MR) is 80.2 cm³/mol. The van der Waals surface area contributed by atoms with Crippen molar-refractivity contribution in [3.63, 3.8) is 0 Å². The van der Waals surface area contributed by atoms with E-state index >= 15 is 0 Å². The first-order valence-corrected chi connectivity index (χ1v) is 7.99. The molecule has 1 N–H and O–H groups in total. The van der Waals surface area contributed by atoms with Crippen LogP contribution in [0.5, 0.6) is 5.75 Å². The third-order valence-corrected chi connectivity index (χ3v) is 5.30. The first-order valence-electron chi connectivity index (χ1n) is 7.18. The second-order valence-corrected chi connectivity index (χ2v) is 6.87. The normalized spacial score (nSPS) is 19.0. The molecule has 0 amide bonds. The maximum Gasteiger partial charge on any atom is 0.120 e. The van der Waals surface area contributed by atoms with Gasteiger partial charge in [-0.3, -0.25) is 0 Å². The topological polar surface area (TPSA) is 21.3 Å². The average Bonchev–Trinajstić information content (AvgIpc) is 3.33. The molecule has 0 radical (unpaired) electrons. The standard InChI is InChI=1S/C16H19NOS/c1-18-12-6-7-13-14(8-12)19-15(9-17-11-4-5-11)16(13)10-2-3-10/h6-8,10-11,17H,2-5,9H2,1H3. The van der Waals surface area contributed by atoms with Crippen molar-refractivity contribution in [2.45, 2.75) is 44.2 Å². The van der Waals surface area contributed by atoms with Crippen molar-refractivity contribution in [1.82, 2.24) is 5.32 Å². The van der Waals surface area contributed by atoms with Crippen LogP contribution in [0.15, 0.2) is 18.2 Å². The smallest absolute Gasteiger partial charge is 0.120 e. The Bertz CT molecular complexity index is 610. The molecule has 1 heterocycles. The highest BCUT2D eigenvalue weighted by molar-refractivity contribution is 7.19. The quantitative estimate of drug-likeness (QED) is 0.887. The molecule has 1 aromatic heterocycles. The summed E-state index contributed by atoms with van der Waals surface area (Å²) < 4.78 is 6.73. The minimum Gasteiger partial charge on any atom is -0.497 e. The molecule has 2 nitrogen and oxygen atoms in total. The van der Waals surface area contributed by atoms with Crippen LogP contribution in [0.4, 0.5) is 0 Å². The highest BCUT2D eigenvalue weighted by Gasteiger charge is 2.30. The van der Waals surface area contributed by atoms with Gasteiger partial charge >= 0.3 is 0 Å². The van der Waals surface area contributed by atoms with Gasteiger partial charge in [-0.25, -0.2) is 0 Å². The Labute approximate surface area is 117 Å². The maximum absolute atomic E-state index is 5.35. The predicted octanol–water partition coefficient (Wildman–Crippen LogP) is 4.04. The number of ether oxygens (including phenoxy) is 1. The molecule has 19 heavy (non-hydrogen) atoms. The molecule has 2 saturated carbocycles. The summed E-state index contributed by atoms with van der Waals surface area (Å²) in [5.41, 5.74) is 1.62. The zero-order valence-corrected chi connectivity index (χ0v) is 12.1. The molecule has 100 valence electrons. The molecular weight excluding hydrogens is 254 g/mol. The Morgan fingerprint density at radius 1 is 1.26 bits per heavy atom. The molecular formula is C16H19NOS. The fourth-order valence-corrected chi connectivity index (χ4v) is 4.02. The summed E-state index contributed by atoms with van der Waals surface area (Å²) in [7, 11) is 1.74. The van der Waals surface area contributed by atoms with Gasteiger partial charge in [0.15, 0.2) is 0 Å². The van der Waals surface area contributed by atoms with Crippen LogP contribution in [0.2, 0.25) is 0 Å². The van der Waals surface area contributed by atoms with Gasteiger partial charge in [0.25, 0.3) is 0 Å². The van der Waals surface area contributed by atoms with E-state index in [1.165, 1.54) is 35.8 Å². The minimum absolute atomic E-state index is 0.784. The van der Waals surface area contributed by atoms with Crippen molar-refractivity contribution in [2.24, 2.45) is 0 Å². The van der Waals surface area contributed by atoms with E-state index in [2.05, 4.69) is 23.5 Å². The molecule has 2 aliphatic rings. The van der Waals surface area contributed by atoms with E-state index in [0.29, 0.717) is 0 Å². The van der Waals surface area contributed by atoms with Crippen LogP contribution >= 0.6 is 11.3 Å². The summed E-state index contributed by atoms with van der Waals surface area (Å²) in [5.74, 6) is 1.79. The lowest BCUT2D eigenvalue weighted by Crippen LogP contribution is -2.15. The van der Waals surface area contributed by atoms with Crippen LogP contribution in [-0.4, -0.2) is 13.2 Å². The molecule has 0 spiro atoms. The molecule has 1 aromatic carbocycles. The van der Waals surface area contributed by atoms with Gasteiger partial charge in [-0.15, -0.1) is 11.3 Å². The van der Waals surface area contributed by atoms with E-state index in [1.807, 2.05) is 11.3 Å². The Morgan fingerprint density at radius 2 is 2.11 bits per heavy atom. The van der Waals surface area contributed by atoms with Gasteiger partial charge in [0.2, 0.25) is 0 Å². The van der Waals surface area contributed by atoms with Crippen molar-refractivity contribution in [2.75, 3.05) is 7.11 Å². The Morgan fingerprint density at radius 3 is 2.79 bits per heavy atom. The summed E-state index contributed by atoms with van der Waals surface area (Å²) in [6, 6.07) is 7.32. The number of nitrogens with one attached hydrogen (secondary N) is 1. The van der Waals surface area contributed by atoms with E-state index in [0.717, 1.165) is 24.3 Å². The van der Waals surface area contributed by atoms with Crippen LogP contribution < -0.4 is 10.1 Å². The zero-order valence-electron chi connectivity index (χ0n) is 11.2. The molecule has 2 aliphatic carbocycles. The number of hydrogen-bond acceptors (Lipinski definition) is 3. The third-order valence-electron chi connectivity index (χ3n) is 4.13.